The first-order valence-corrected chi connectivity index (χ1v) is 11.1. The van der Waals surface area contributed by atoms with Gasteiger partial charge in [-0.3, -0.25) is 4.79 Å². The van der Waals surface area contributed by atoms with Crippen molar-refractivity contribution in [1.29, 1.82) is 5.26 Å². The number of halogens is 1. The molecular formula is C22H23FN4O3S. The number of nitrogens with zero attached hydrogens (tertiary/aromatic N) is 2. The van der Waals surface area contributed by atoms with Crippen molar-refractivity contribution in [1.82, 2.24) is 14.0 Å². The van der Waals surface area contributed by atoms with Crippen LogP contribution in [0, 0.1) is 24.1 Å². The van der Waals surface area contributed by atoms with Crippen LogP contribution in [0.3, 0.4) is 0 Å². The number of amides is 1. The van der Waals surface area contributed by atoms with Crippen molar-refractivity contribution >= 4 is 27.0 Å². The molecule has 1 heterocycles. The number of aryl methyl sites for hydroxylation is 2. The zero-order chi connectivity index (χ0) is 22.8. The molecular weight excluding hydrogens is 419 g/mol. The first kappa shape index (κ1) is 22.5. The fraction of sp³-hybridized carbons (Fsp3) is 0.273. The molecule has 0 bridgehead atoms. The predicted octanol–water partition coefficient (Wildman–Crippen LogP) is 3.40. The van der Waals surface area contributed by atoms with Crippen LogP contribution in [0.15, 0.2) is 36.4 Å². The van der Waals surface area contributed by atoms with Crippen molar-refractivity contribution < 1.29 is 17.6 Å². The Morgan fingerprint density at radius 3 is 2.52 bits per heavy atom. The van der Waals surface area contributed by atoms with Crippen molar-refractivity contribution in [3.63, 3.8) is 0 Å². The number of aromatic amines is 1. The quantitative estimate of drug-likeness (QED) is 0.585. The van der Waals surface area contributed by atoms with Crippen molar-refractivity contribution in [3.05, 3.63) is 58.9 Å². The molecule has 0 aliphatic heterocycles. The van der Waals surface area contributed by atoms with E-state index in [-0.39, 0.29) is 12.2 Å². The monoisotopic (exact) mass is 442 g/mol. The molecule has 9 heteroatoms. The van der Waals surface area contributed by atoms with Crippen LogP contribution < -0.4 is 4.72 Å². The zero-order valence-corrected chi connectivity index (χ0v) is 18.3. The second-order valence-electron chi connectivity index (χ2n) is 7.48. The maximum Gasteiger partial charge on any atom is 0.303 e. The summed E-state index contributed by atoms with van der Waals surface area (Å²) < 4.78 is 40.0. The molecule has 1 aromatic heterocycles. The minimum atomic E-state index is -3.83. The Morgan fingerprint density at radius 1 is 1.23 bits per heavy atom. The van der Waals surface area contributed by atoms with Gasteiger partial charge in [0.25, 0.3) is 0 Å². The summed E-state index contributed by atoms with van der Waals surface area (Å²) in [6.07, 6.45) is 0.876. The topological polar surface area (TPSA) is 106 Å². The molecule has 0 unspecified atom stereocenters. The summed E-state index contributed by atoms with van der Waals surface area (Å²) in [4.78, 5) is 15.4. The summed E-state index contributed by atoms with van der Waals surface area (Å²) in [6, 6.07) is 11.9. The van der Waals surface area contributed by atoms with E-state index in [4.69, 9.17) is 0 Å². The van der Waals surface area contributed by atoms with Gasteiger partial charge in [-0.1, -0.05) is 0 Å². The molecule has 3 aromatic rings. The van der Waals surface area contributed by atoms with Crippen LogP contribution in [0.1, 0.15) is 29.5 Å². The van der Waals surface area contributed by atoms with Crippen molar-refractivity contribution in [2.75, 3.05) is 14.1 Å². The molecule has 31 heavy (non-hydrogen) atoms. The van der Waals surface area contributed by atoms with E-state index >= 15 is 0 Å². The number of hydrogen-bond donors (Lipinski definition) is 2. The third-order valence-electron chi connectivity index (χ3n) is 5.06. The van der Waals surface area contributed by atoms with Gasteiger partial charge in [0.1, 0.15) is 5.82 Å². The molecule has 0 saturated heterocycles. The van der Waals surface area contributed by atoms with Gasteiger partial charge in [-0.25, -0.2) is 9.11 Å². The Bertz CT molecular complexity index is 1270. The van der Waals surface area contributed by atoms with Crippen molar-refractivity contribution in [3.8, 4) is 17.3 Å². The van der Waals surface area contributed by atoms with E-state index in [9.17, 15) is 22.9 Å². The number of hydrogen-bond acceptors (Lipinski definition) is 4. The molecule has 3 rings (SSSR count). The summed E-state index contributed by atoms with van der Waals surface area (Å²) in [6.45, 7) is 1.85. The lowest BCUT2D eigenvalue weighted by molar-refractivity contribution is -0.119. The summed E-state index contributed by atoms with van der Waals surface area (Å²) in [5.41, 5.74) is 4.68. The van der Waals surface area contributed by atoms with Gasteiger partial charge >= 0.3 is 10.2 Å². The van der Waals surface area contributed by atoms with Gasteiger partial charge in [0.15, 0.2) is 0 Å². The van der Waals surface area contributed by atoms with Gasteiger partial charge in [-0.05, 0) is 72.9 Å². The number of carbonyl (C=O) groups excluding carboxylic acids is 1. The van der Waals surface area contributed by atoms with Crippen LogP contribution >= 0.6 is 0 Å². The minimum absolute atomic E-state index is 0.0135. The molecule has 2 N–H and O–H groups in total. The smallest absolute Gasteiger partial charge is 0.303 e. The number of fused-ring (bicyclic) bond motifs is 1. The summed E-state index contributed by atoms with van der Waals surface area (Å²) in [5.74, 6) is -0.937. The summed E-state index contributed by atoms with van der Waals surface area (Å²) in [5, 5.41) is 10.3. The minimum Gasteiger partial charge on any atom is -0.354 e. The molecule has 0 atom stereocenters. The fourth-order valence-corrected chi connectivity index (χ4v) is 3.93. The molecule has 2 aromatic carbocycles. The van der Waals surface area contributed by atoms with E-state index in [0.717, 1.165) is 37.6 Å². The first-order valence-electron chi connectivity index (χ1n) is 9.66. The maximum absolute atomic E-state index is 13.4. The lowest BCUT2D eigenvalue weighted by atomic mass is 9.98. The van der Waals surface area contributed by atoms with Gasteiger partial charge in [-0.2, -0.15) is 18.0 Å². The summed E-state index contributed by atoms with van der Waals surface area (Å²) in [7, 11) is -1.15. The Kier molecular flexibility index (Phi) is 6.43. The van der Waals surface area contributed by atoms with Gasteiger partial charge in [-0.15, -0.1) is 0 Å². The van der Waals surface area contributed by atoms with E-state index in [1.54, 1.807) is 18.2 Å². The van der Waals surface area contributed by atoms with E-state index in [1.807, 2.05) is 17.7 Å². The predicted molar refractivity (Wildman–Crippen MR) is 117 cm³/mol. The van der Waals surface area contributed by atoms with Crippen LogP contribution in [0.25, 0.3) is 22.2 Å². The average Bonchev–Trinajstić information content (AvgIpc) is 3.04. The first-order chi connectivity index (χ1) is 14.6. The third kappa shape index (κ3) is 4.93. The molecule has 0 fully saturated rings. The van der Waals surface area contributed by atoms with E-state index < -0.39 is 16.1 Å². The molecule has 0 aliphatic rings. The second-order valence-corrected chi connectivity index (χ2v) is 9.36. The highest BCUT2D eigenvalue weighted by molar-refractivity contribution is 7.87. The average molecular weight is 443 g/mol. The Labute approximate surface area is 180 Å². The third-order valence-corrected chi connectivity index (χ3v) is 6.51. The lowest BCUT2D eigenvalue weighted by Gasteiger charge is -2.12. The molecule has 162 valence electrons. The largest absolute Gasteiger partial charge is 0.354 e. The number of benzene rings is 2. The molecule has 0 spiro atoms. The lowest BCUT2D eigenvalue weighted by Crippen LogP contribution is -2.39. The Hall–Kier alpha value is -3.22. The normalized spacial score (nSPS) is 11.6. The van der Waals surface area contributed by atoms with Crippen LogP contribution in [0.4, 0.5) is 4.39 Å². The van der Waals surface area contributed by atoms with E-state index in [0.29, 0.717) is 18.4 Å². The highest BCUT2D eigenvalue weighted by Gasteiger charge is 2.18. The molecule has 0 saturated carbocycles. The standard InChI is InChI=1S/C22H23FN4O3S/c1-14-11-20-19(12-16(14)13-24)18(22(25-20)15-7-9-17(23)10-8-15)5-4-6-21(28)26-31(29,30)27(2)3/h7-12,25H,4-6H2,1-3H3,(H,26,28). The second kappa shape index (κ2) is 8.88. The number of nitrogens with one attached hydrogen (secondary N) is 2. The van der Waals surface area contributed by atoms with Gasteiger partial charge in [0.05, 0.1) is 11.6 Å². The Balaban J connectivity index is 1.92. The number of aromatic nitrogens is 1. The van der Waals surface area contributed by atoms with Crippen LogP contribution in [-0.4, -0.2) is 37.7 Å². The van der Waals surface area contributed by atoms with Gasteiger partial charge in [0.2, 0.25) is 5.91 Å². The number of carbonyl (C=O) groups is 1. The van der Waals surface area contributed by atoms with Gasteiger partial charge < -0.3 is 4.98 Å². The molecule has 1 amide bonds. The van der Waals surface area contributed by atoms with Crippen molar-refractivity contribution in [2.24, 2.45) is 0 Å². The fourth-order valence-electron chi connectivity index (χ4n) is 3.36. The van der Waals surface area contributed by atoms with Crippen LogP contribution in [0.2, 0.25) is 0 Å². The van der Waals surface area contributed by atoms with E-state index in [2.05, 4.69) is 11.1 Å². The number of rotatable bonds is 7. The highest BCUT2D eigenvalue weighted by atomic mass is 32.2. The van der Waals surface area contributed by atoms with Crippen molar-refractivity contribution in [2.45, 2.75) is 26.2 Å². The zero-order valence-electron chi connectivity index (χ0n) is 17.5. The van der Waals surface area contributed by atoms with Gasteiger partial charge in [0, 0.05) is 37.1 Å². The highest BCUT2D eigenvalue weighted by Crippen LogP contribution is 2.33. The number of nitriles is 1. The SMILES string of the molecule is Cc1cc2[nH]c(-c3ccc(F)cc3)c(CCCC(=O)NS(=O)(=O)N(C)C)c2cc1C#N. The van der Waals surface area contributed by atoms with Crippen LogP contribution in [0.5, 0.6) is 0 Å². The molecule has 0 aliphatic carbocycles. The van der Waals surface area contributed by atoms with Crippen LogP contribution in [-0.2, 0) is 21.4 Å². The van der Waals surface area contributed by atoms with E-state index in [1.165, 1.54) is 26.2 Å². The summed E-state index contributed by atoms with van der Waals surface area (Å²) >= 11 is 0. The Morgan fingerprint density at radius 2 is 1.90 bits per heavy atom. The maximum atomic E-state index is 13.4. The number of H-pyrrole nitrogens is 1. The molecule has 0 radical (unpaired) electrons. The molecule has 7 nitrogen and oxygen atoms in total.